The molecule has 1 atom stereocenters. The molecule has 2 heterocycles. The molecule has 0 aliphatic carbocycles. The predicted molar refractivity (Wildman–Crippen MR) is 204 cm³/mol. The van der Waals surface area contributed by atoms with Crippen LogP contribution in [-0.4, -0.2) is 57.6 Å². The number of Topliss-reactive ketones (excluding diaryl/α,β-unsaturated/α-hetero) is 1. The van der Waals surface area contributed by atoms with Crippen LogP contribution in [0.2, 0.25) is 5.02 Å². The Hall–Kier alpha value is -4.34. The number of alkyl halides is 3. The van der Waals surface area contributed by atoms with Gasteiger partial charge in [0.15, 0.2) is 11.4 Å². The van der Waals surface area contributed by atoms with Crippen molar-refractivity contribution in [2.45, 2.75) is 58.7 Å². The number of nitrogens with one attached hydrogen (secondary N) is 1. The fourth-order valence-corrected chi connectivity index (χ4v) is 5.88. The zero-order valence-corrected chi connectivity index (χ0v) is 33.3. The van der Waals surface area contributed by atoms with Crippen molar-refractivity contribution < 1.29 is 37.6 Å². The highest BCUT2D eigenvalue weighted by atomic mass is 79.9. The molecule has 0 bridgehead atoms. The highest BCUT2D eigenvalue weighted by molar-refractivity contribution is 9.10. The standard InChI is InChI=1S/C22H25F3N4O3.C8H8BrNO.C7H4BrClO/c1-13-5-6-15(10-17(13)20(31)26-12-16(30)7-8-22(23,24)25)18-11-21(3,32-28-18)19-9-14(2)27-29(19)4;1-6-2-3-7(5-10-11)4-8(6)9;8-6-3-5(4-10)1-2-7(6)9/h5-6,9-10H,7-8,11-12H2,1-4H3,(H,26,31);2-5,11H,1H3;1-4H/b;10-5+;. The lowest BCUT2D eigenvalue weighted by molar-refractivity contribution is -0.142. The van der Waals surface area contributed by atoms with Gasteiger partial charge in [-0.1, -0.05) is 68.2 Å². The average Bonchev–Trinajstić information content (AvgIpc) is 3.68. The van der Waals surface area contributed by atoms with Crippen molar-refractivity contribution in [3.8, 4) is 0 Å². The molecule has 1 amide bonds. The molecule has 5 rings (SSSR count). The summed E-state index contributed by atoms with van der Waals surface area (Å²) in [6.07, 6.45) is -3.64. The van der Waals surface area contributed by atoms with Gasteiger partial charge >= 0.3 is 6.18 Å². The summed E-state index contributed by atoms with van der Waals surface area (Å²) in [4.78, 5) is 40.2. The van der Waals surface area contributed by atoms with E-state index in [9.17, 15) is 27.6 Å². The van der Waals surface area contributed by atoms with Crippen LogP contribution in [0.1, 0.15) is 80.5 Å². The van der Waals surface area contributed by atoms with Crippen LogP contribution in [-0.2, 0) is 22.3 Å². The Morgan fingerprint density at radius 1 is 1.04 bits per heavy atom. The molecule has 0 spiro atoms. The summed E-state index contributed by atoms with van der Waals surface area (Å²) < 4.78 is 40.3. The van der Waals surface area contributed by atoms with Gasteiger partial charge in [0.25, 0.3) is 5.91 Å². The largest absolute Gasteiger partial charge is 0.411 e. The van der Waals surface area contributed by atoms with E-state index in [-0.39, 0.29) is 0 Å². The Balaban J connectivity index is 0.000000291. The van der Waals surface area contributed by atoms with Crippen LogP contribution in [0.25, 0.3) is 0 Å². The van der Waals surface area contributed by atoms with E-state index in [1.165, 1.54) is 11.8 Å². The topological polar surface area (TPSA) is 135 Å². The lowest BCUT2D eigenvalue weighted by atomic mass is 9.91. The van der Waals surface area contributed by atoms with Crippen molar-refractivity contribution in [1.29, 1.82) is 0 Å². The molecule has 2 N–H and O–H groups in total. The molecule has 1 aliphatic rings. The number of hydrogen-bond donors (Lipinski definition) is 2. The SMILES string of the molecule is Cc1cc(C2(C)CC(c3ccc(C)c(C(=O)NCC(=O)CCC(F)(F)F)c3)=NO2)n(C)n1.Cc1ccc(/C=N/O)cc1Br.O=Cc1ccc(Cl)c(Br)c1. The molecule has 4 aromatic rings. The molecule has 0 radical (unpaired) electrons. The second kappa shape index (κ2) is 19.1. The highest BCUT2D eigenvalue weighted by Crippen LogP contribution is 2.36. The third kappa shape index (κ3) is 12.9. The van der Waals surface area contributed by atoms with Crippen molar-refractivity contribution >= 4 is 73.4 Å². The number of hydrogen-bond acceptors (Lipinski definition) is 8. The van der Waals surface area contributed by atoms with Gasteiger partial charge < -0.3 is 15.4 Å². The van der Waals surface area contributed by atoms with Gasteiger partial charge in [0.2, 0.25) is 0 Å². The highest BCUT2D eigenvalue weighted by Gasteiger charge is 2.39. The third-order valence-corrected chi connectivity index (χ3v) is 9.91. The van der Waals surface area contributed by atoms with Gasteiger partial charge in [-0.3, -0.25) is 19.1 Å². The number of rotatable bonds is 9. The molecule has 53 heavy (non-hydrogen) atoms. The lowest BCUT2D eigenvalue weighted by Crippen LogP contribution is -2.30. The molecule has 282 valence electrons. The van der Waals surface area contributed by atoms with Crippen molar-refractivity contribution in [3.63, 3.8) is 0 Å². The number of carbonyl (C=O) groups is 3. The summed E-state index contributed by atoms with van der Waals surface area (Å²) in [5.74, 6) is -1.21. The number of ketones is 1. The zero-order chi connectivity index (χ0) is 39.5. The second-order valence-electron chi connectivity index (χ2n) is 12.2. The number of amides is 1. The number of aromatic nitrogens is 2. The number of benzene rings is 3. The Kier molecular flexibility index (Phi) is 15.5. The lowest BCUT2D eigenvalue weighted by Gasteiger charge is -2.21. The number of aryl methyl sites for hydroxylation is 4. The van der Waals surface area contributed by atoms with Gasteiger partial charge in [0.05, 0.1) is 41.3 Å². The number of halogens is 6. The minimum absolute atomic E-state index is 0.318. The van der Waals surface area contributed by atoms with E-state index in [0.29, 0.717) is 39.4 Å². The van der Waals surface area contributed by atoms with E-state index in [2.05, 4.69) is 52.6 Å². The van der Waals surface area contributed by atoms with Crippen LogP contribution in [0.3, 0.4) is 0 Å². The minimum atomic E-state index is -4.41. The van der Waals surface area contributed by atoms with E-state index in [0.717, 1.165) is 32.2 Å². The number of aldehydes is 1. The van der Waals surface area contributed by atoms with Gasteiger partial charge in [-0.25, -0.2) is 0 Å². The molecule has 3 aromatic carbocycles. The van der Waals surface area contributed by atoms with Crippen LogP contribution in [0.15, 0.2) is 79.9 Å². The molecule has 1 aliphatic heterocycles. The van der Waals surface area contributed by atoms with Crippen molar-refractivity contribution in [1.82, 2.24) is 15.1 Å². The van der Waals surface area contributed by atoms with Crippen molar-refractivity contribution in [2.24, 2.45) is 17.4 Å². The first-order valence-corrected chi connectivity index (χ1v) is 17.9. The molecule has 0 saturated heterocycles. The quantitative estimate of drug-likeness (QED) is 0.0745. The van der Waals surface area contributed by atoms with Crippen LogP contribution in [0, 0.1) is 20.8 Å². The summed E-state index contributed by atoms with van der Waals surface area (Å²) >= 11 is 12.2. The van der Waals surface area contributed by atoms with Crippen LogP contribution >= 0.6 is 43.5 Å². The van der Waals surface area contributed by atoms with Gasteiger partial charge in [-0.2, -0.15) is 18.3 Å². The van der Waals surface area contributed by atoms with Gasteiger partial charge in [-0.05, 0) is 90.6 Å². The zero-order valence-electron chi connectivity index (χ0n) is 29.4. The van der Waals surface area contributed by atoms with Gasteiger partial charge in [0, 0.05) is 45.5 Å². The van der Waals surface area contributed by atoms with Crippen LogP contribution in [0.5, 0.6) is 0 Å². The summed E-state index contributed by atoms with van der Waals surface area (Å²) in [6, 6.07) is 17.9. The van der Waals surface area contributed by atoms with Gasteiger partial charge in [0.1, 0.15) is 6.29 Å². The second-order valence-corrected chi connectivity index (χ2v) is 14.4. The van der Waals surface area contributed by atoms with Crippen LogP contribution in [0.4, 0.5) is 13.2 Å². The molecule has 10 nitrogen and oxygen atoms in total. The summed E-state index contributed by atoms with van der Waals surface area (Å²) in [5.41, 5.74) is 6.02. The molecule has 1 aromatic heterocycles. The maximum atomic E-state index is 12.6. The summed E-state index contributed by atoms with van der Waals surface area (Å²) in [7, 11) is 1.83. The molecular formula is C37H37Br2ClF3N5O5. The molecule has 1 unspecified atom stereocenters. The first-order valence-electron chi connectivity index (χ1n) is 15.9. The first kappa shape index (κ1) is 43.1. The van der Waals surface area contributed by atoms with E-state index in [1.807, 2.05) is 58.2 Å². The van der Waals surface area contributed by atoms with Crippen molar-refractivity contribution in [2.75, 3.05) is 6.54 Å². The maximum absolute atomic E-state index is 12.6. The van der Waals surface area contributed by atoms with Crippen LogP contribution < -0.4 is 5.32 Å². The smallest absolute Gasteiger partial charge is 0.389 e. The number of carbonyl (C=O) groups excluding carboxylic acids is 3. The Morgan fingerprint density at radius 3 is 2.28 bits per heavy atom. The maximum Gasteiger partial charge on any atom is 0.389 e. The van der Waals surface area contributed by atoms with E-state index in [4.69, 9.17) is 21.6 Å². The Bertz CT molecular complexity index is 2020. The van der Waals surface area contributed by atoms with Crippen molar-refractivity contribution in [3.05, 3.63) is 119 Å². The molecule has 0 saturated carbocycles. The van der Waals surface area contributed by atoms with E-state index < -0.39 is 42.9 Å². The van der Waals surface area contributed by atoms with E-state index >= 15 is 0 Å². The fourth-order valence-electron chi connectivity index (χ4n) is 4.97. The Morgan fingerprint density at radius 2 is 1.70 bits per heavy atom. The molecule has 16 heteroatoms. The van der Waals surface area contributed by atoms with Gasteiger partial charge in [-0.15, -0.1) is 0 Å². The molecular weight excluding hydrogens is 847 g/mol. The third-order valence-electron chi connectivity index (χ3n) is 7.84. The monoisotopic (exact) mass is 881 g/mol. The molecule has 0 fully saturated rings. The average molecular weight is 884 g/mol. The minimum Gasteiger partial charge on any atom is -0.411 e. The number of oxime groups is 2. The predicted octanol–water partition coefficient (Wildman–Crippen LogP) is 9.20. The first-order chi connectivity index (χ1) is 24.8. The number of nitrogens with zero attached hydrogens (tertiary/aromatic N) is 4. The normalized spacial score (nSPS) is 15.0. The van der Waals surface area contributed by atoms with E-state index in [1.54, 1.807) is 41.9 Å². The fraction of sp³-hybridized carbons (Fsp3) is 0.297. The summed E-state index contributed by atoms with van der Waals surface area (Å²) in [6.45, 7) is 7.08. The summed E-state index contributed by atoms with van der Waals surface area (Å²) in [5, 5.41) is 22.8. The Labute approximate surface area is 326 Å².